The molecule has 1 fully saturated rings. The van der Waals surface area contributed by atoms with E-state index in [1.54, 1.807) is 7.11 Å². The Hall–Kier alpha value is -2.45. The van der Waals surface area contributed by atoms with E-state index in [9.17, 15) is 18.0 Å². The van der Waals surface area contributed by atoms with Crippen LogP contribution in [0.5, 0.6) is 5.75 Å². The molecule has 0 saturated carbocycles. The van der Waals surface area contributed by atoms with Crippen LogP contribution in [0.2, 0.25) is 5.02 Å². The van der Waals surface area contributed by atoms with E-state index < -0.39 is 17.6 Å². The third-order valence-electron chi connectivity index (χ3n) is 4.74. The molecule has 2 aromatic rings. The second kappa shape index (κ2) is 8.92. The summed E-state index contributed by atoms with van der Waals surface area (Å²) in [7, 11) is 1.62. The van der Waals surface area contributed by atoms with Crippen molar-refractivity contribution in [3.63, 3.8) is 0 Å². The number of anilines is 2. The van der Waals surface area contributed by atoms with Crippen LogP contribution in [0.1, 0.15) is 5.56 Å². The Kier molecular flexibility index (Phi) is 6.54. The fourth-order valence-electron chi connectivity index (χ4n) is 3.15. The van der Waals surface area contributed by atoms with Crippen LogP contribution in [0.3, 0.4) is 0 Å². The third kappa shape index (κ3) is 5.55. The van der Waals surface area contributed by atoms with Crippen LogP contribution >= 0.6 is 11.6 Å². The van der Waals surface area contributed by atoms with Gasteiger partial charge in [0.05, 0.1) is 29.9 Å². The number of piperazine rings is 1. The lowest BCUT2D eigenvalue weighted by molar-refractivity contribution is -0.137. The predicted molar refractivity (Wildman–Crippen MR) is 107 cm³/mol. The lowest BCUT2D eigenvalue weighted by Crippen LogP contribution is -2.48. The number of carbonyl (C=O) groups is 1. The fourth-order valence-corrected chi connectivity index (χ4v) is 3.31. The number of hydrogen-bond donors (Lipinski definition) is 1. The smallest absolute Gasteiger partial charge is 0.416 e. The first-order valence-corrected chi connectivity index (χ1v) is 9.42. The number of nitrogens with one attached hydrogen (secondary N) is 1. The summed E-state index contributed by atoms with van der Waals surface area (Å²) >= 11 is 5.93. The van der Waals surface area contributed by atoms with Crippen LogP contribution in [-0.2, 0) is 11.0 Å². The van der Waals surface area contributed by atoms with Crippen LogP contribution in [0, 0.1) is 0 Å². The van der Waals surface area contributed by atoms with Crippen molar-refractivity contribution in [2.24, 2.45) is 0 Å². The molecule has 5 nitrogen and oxygen atoms in total. The number of nitrogens with zero attached hydrogens (tertiary/aromatic N) is 2. The van der Waals surface area contributed by atoms with E-state index in [-0.39, 0.29) is 17.3 Å². The average molecular weight is 428 g/mol. The van der Waals surface area contributed by atoms with E-state index >= 15 is 0 Å². The van der Waals surface area contributed by atoms with Crippen LogP contribution in [0.4, 0.5) is 24.5 Å². The molecule has 1 aliphatic heterocycles. The molecule has 1 aliphatic rings. The van der Waals surface area contributed by atoms with Crippen molar-refractivity contribution in [3.8, 4) is 5.75 Å². The van der Waals surface area contributed by atoms with E-state index in [1.807, 2.05) is 29.2 Å². The number of halogens is 4. The SMILES string of the molecule is COc1ccc(N2CCN(CC(=O)Nc3cc(C(F)(F)F)ccc3Cl)CC2)cc1. The molecule has 1 N–H and O–H groups in total. The maximum Gasteiger partial charge on any atom is 0.416 e. The maximum atomic E-state index is 12.9. The van der Waals surface area contributed by atoms with E-state index in [0.717, 1.165) is 42.7 Å². The predicted octanol–water partition coefficient (Wildman–Crippen LogP) is 4.13. The van der Waals surface area contributed by atoms with Crippen molar-refractivity contribution in [1.82, 2.24) is 4.90 Å². The molecule has 1 amide bonds. The maximum absolute atomic E-state index is 12.9. The number of rotatable bonds is 5. The molecule has 1 heterocycles. The van der Waals surface area contributed by atoms with E-state index in [1.165, 1.54) is 0 Å². The minimum Gasteiger partial charge on any atom is -0.497 e. The first-order chi connectivity index (χ1) is 13.8. The summed E-state index contributed by atoms with van der Waals surface area (Å²) in [6.45, 7) is 2.89. The summed E-state index contributed by atoms with van der Waals surface area (Å²) < 4.78 is 43.7. The number of ether oxygens (including phenoxy) is 1. The van der Waals surface area contributed by atoms with Gasteiger partial charge >= 0.3 is 6.18 Å². The number of hydrogen-bond acceptors (Lipinski definition) is 4. The summed E-state index contributed by atoms with van der Waals surface area (Å²) in [5.74, 6) is 0.390. The molecule has 0 aromatic heterocycles. The molecule has 29 heavy (non-hydrogen) atoms. The third-order valence-corrected chi connectivity index (χ3v) is 5.07. The first-order valence-electron chi connectivity index (χ1n) is 9.04. The lowest BCUT2D eigenvalue weighted by Gasteiger charge is -2.35. The highest BCUT2D eigenvalue weighted by molar-refractivity contribution is 6.33. The van der Waals surface area contributed by atoms with Gasteiger partial charge in [-0.15, -0.1) is 0 Å². The summed E-state index contributed by atoms with van der Waals surface area (Å²) in [4.78, 5) is 16.5. The Bertz CT molecular complexity index is 851. The summed E-state index contributed by atoms with van der Waals surface area (Å²) in [6, 6.07) is 10.6. The second-order valence-corrected chi connectivity index (χ2v) is 7.11. The number of alkyl halides is 3. The molecule has 0 spiro atoms. The number of methoxy groups -OCH3 is 1. The van der Waals surface area contributed by atoms with Crippen molar-refractivity contribution in [3.05, 3.63) is 53.1 Å². The monoisotopic (exact) mass is 427 g/mol. The largest absolute Gasteiger partial charge is 0.497 e. The fraction of sp³-hybridized carbons (Fsp3) is 0.350. The molecule has 3 rings (SSSR count). The molecule has 0 unspecified atom stereocenters. The number of amides is 1. The van der Waals surface area contributed by atoms with Crippen molar-refractivity contribution >= 4 is 28.9 Å². The van der Waals surface area contributed by atoms with E-state index in [2.05, 4.69) is 10.2 Å². The van der Waals surface area contributed by atoms with Gasteiger partial charge in [0.2, 0.25) is 5.91 Å². The van der Waals surface area contributed by atoms with Gasteiger partial charge in [-0.1, -0.05) is 11.6 Å². The van der Waals surface area contributed by atoms with Gasteiger partial charge in [-0.2, -0.15) is 13.2 Å². The molecule has 0 radical (unpaired) electrons. The van der Waals surface area contributed by atoms with Gasteiger partial charge in [0.1, 0.15) is 5.75 Å². The van der Waals surface area contributed by atoms with Gasteiger partial charge in [-0.3, -0.25) is 9.69 Å². The van der Waals surface area contributed by atoms with Gasteiger partial charge < -0.3 is 15.0 Å². The van der Waals surface area contributed by atoms with Crippen molar-refractivity contribution < 1.29 is 22.7 Å². The van der Waals surface area contributed by atoms with Gasteiger partial charge in [0.15, 0.2) is 0 Å². The van der Waals surface area contributed by atoms with Gasteiger partial charge in [0.25, 0.3) is 0 Å². The van der Waals surface area contributed by atoms with Crippen molar-refractivity contribution in [2.45, 2.75) is 6.18 Å². The molecule has 0 bridgehead atoms. The van der Waals surface area contributed by atoms with Crippen LogP contribution in [0.25, 0.3) is 0 Å². The summed E-state index contributed by atoms with van der Waals surface area (Å²) in [5, 5.41) is 2.55. The highest BCUT2D eigenvalue weighted by Gasteiger charge is 2.31. The number of benzene rings is 2. The zero-order valence-corrected chi connectivity index (χ0v) is 16.6. The molecule has 2 aromatic carbocycles. The van der Waals surface area contributed by atoms with Gasteiger partial charge in [-0.25, -0.2) is 0 Å². The minimum atomic E-state index is -4.50. The van der Waals surface area contributed by atoms with Crippen molar-refractivity contribution in [1.29, 1.82) is 0 Å². The number of carbonyl (C=O) groups excluding carboxylic acids is 1. The Balaban J connectivity index is 1.53. The van der Waals surface area contributed by atoms with Crippen LogP contribution in [0.15, 0.2) is 42.5 Å². The minimum absolute atomic E-state index is 0.0386. The molecular weight excluding hydrogens is 407 g/mol. The standard InChI is InChI=1S/C20H21ClF3N3O2/c1-29-16-5-3-15(4-6-16)27-10-8-26(9-11-27)13-19(28)25-18-12-14(20(22,23)24)2-7-17(18)21/h2-7,12H,8-11,13H2,1H3,(H,25,28). The Morgan fingerprint density at radius 2 is 1.76 bits per heavy atom. The molecule has 156 valence electrons. The Morgan fingerprint density at radius 3 is 2.34 bits per heavy atom. The molecule has 0 atom stereocenters. The zero-order chi connectivity index (χ0) is 21.0. The zero-order valence-electron chi connectivity index (χ0n) is 15.8. The highest BCUT2D eigenvalue weighted by atomic mass is 35.5. The van der Waals surface area contributed by atoms with E-state index in [0.29, 0.717) is 13.1 Å². The second-order valence-electron chi connectivity index (χ2n) is 6.70. The van der Waals surface area contributed by atoms with Crippen LogP contribution in [-0.4, -0.2) is 50.6 Å². The highest BCUT2D eigenvalue weighted by Crippen LogP contribution is 2.33. The molecule has 9 heteroatoms. The molecule has 0 aliphatic carbocycles. The Labute approximate surface area is 172 Å². The first kappa shape index (κ1) is 21.3. The Morgan fingerprint density at radius 1 is 1.10 bits per heavy atom. The summed E-state index contributed by atoms with van der Waals surface area (Å²) in [5.41, 5.74) is 0.180. The average Bonchev–Trinajstić information content (AvgIpc) is 2.69. The van der Waals surface area contributed by atoms with Gasteiger partial charge in [-0.05, 0) is 42.5 Å². The quantitative estimate of drug-likeness (QED) is 0.779. The molecule has 1 saturated heterocycles. The van der Waals surface area contributed by atoms with Crippen molar-refractivity contribution in [2.75, 3.05) is 50.1 Å². The normalized spacial score (nSPS) is 15.3. The van der Waals surface area contributed by atoms with E-state index in [4.69, 9.17) is 16.3 Å². The van der Waals surface area contributed by atoms with Gasteiger partial charge in [0, 0.05) is 31.9 Å². The topological polar surface area (TPSA) is 44.8 Å². The molecular formula is C20H21ClF3N3O2. The van der Waals surface area contributed by atoms with Crippen LogP contribution < -0.4 is 15.0 Å². The summed E-state index contributed by atoms with van der Waals surface area (Å²) in [6.07, 6.45) is -4.50. The lowest BCUT2D eigenvalue weighted by atomic mass is 10.2.